The second-order valence-electron chi connectivity index (χ2n) is 24.3. The number of anilines is 5. The number of ketones is 2. The van der Waals surface area contributed by atoms with Crippen LogP contribution < -0.4 is 50.1 Å². The molecule has 2 unspecified atom stereocenters. The molecule has 0 radical (unpaired) electrons. The maximum absolute atomic E-state index is 13.4. The molecule has 2 aliphatic heterocycles. The number of amides is 5. The first-order chi connectivity index (χ1) is 55.5. The summed E-state index contributed by atoms with van der Waals surface area (Å²) < 4.78 is 182. The van der Waals surface area contributed by atoms with Crippen LogP contribution in [-0.2, 0) is 11.3 Å². The molecule has 10 aromatic carbocycles. The SMILES string of the molecule is CCC1(c2ccc(F)cc2)c2cc(Cl)ccc2NC(=O)N1CC(F)(F)F.Cc1ccc(N)c(C#N)c1.Fc1cc[c-]cc1.NCC(F)(F)F.Nc1ccc(Cl)cc1C(=O)c1ccc(F)cc1.O=C(c1ccc(F)cc1)c1cc(Cl)ccc1NC(=O)n1ccnc1.O=C1Nc2ccc(Cl)cc2C(O)(c2ccc(F)cc2)N1CC(F)(F)F.[2H]CI.[Br-].[Mg+2]. The van der Waals surface area contributed by atoms with Crippen molar-refractivity contribution in [2.75, 3.05) is 52.0 Å². The van der Waals surface area contributed by atoms with Crippen LogP contribution in [0.25, 0.3) is 0 Å². The minimum atomic E-state index is -4.76. The first-order valence-electron chi connectivity index (χ1n) is 34.1. The number of imidazole rings is 1. The van der Waals surface area contributed by atoms with Crippen LogP contribution in [0.4, 0.5) is 104 Å². The van der Waals surface area contributed by atoms with E-state index in [0.717, 1.165) is 46.9 Å². The molecule has 119 heavy (non-hydrogen) atoms. The van der Waals surface area contributed by atoms with Gasteiger partial charge in [0.2, 0.25) is 0 Å². The number of nitrogens with two attached hydrogens (primary N) is 3. The topological polar surface area (TPSA) is 268 Å². The number of alkyl halides is 10. The predicted octanol–water partition coefficient (Wildman–Crippen LogP) is 18.2. The Balaban J connectivity index is 0.000000305. The third kappa shape index (κ3) is 29.1. The molecule has 17 nitrogen and oxygen atoms in total. The largest absolute Gasteiger partial charge is 2.00 e. The summed E-state index contributed by atoms with van der Waals surface area (Å²) in [4.78, 5) is 66.8. The summed E-state index contributed by atoms with van der Waals surface area (Å²) in [6, 6.07) is 51.1. The third-order valence-corrected chi connectivity index (χ3v) is 17.2. The number of nitrogens with one attached hydrogen (secondary N) is 3. The molecular formula is C81H65BrCl4F14IMgN11O6. The van der Waals surface area contributed by atoms with Gasteiger partial charge >= 0.3 is 59.7 Å². The zero-order valence-corrected chi connectivity index (χ0v) is 69.9. The van der Waals surface area contributed by atoms with Crippen molar-refractivity contribution >= 4 is 150 Å². The number of aliphatic hydroxyl groups is 1. The van der Waals surface area contributed by atoms with Gasteiger partial charge in [-0.3, -0.25) is 19.1 Å². The first-order valence-corrected chi connectivity index (χ1v) is 36.4. The zero-order valence-electron chi connectivity index (χ0n) is 62.7. The van der Waals surface area contributed by atoms with E-state index >= 15 is 0 Å². The summed E-state index contributed by atoms with van der Waals surface area (Å²) in [6.45, 7) is -0.780. The fourth-order valence-corrected chi connectivity index (χ4v) is 11.7. The molecule has 3 heterocycles. The Bertz CT molecular complexity index is 5300. The van der Waals surface area contributed by atoms with Crippen LogP contribution in [-0.4, -0.2) is 120 Å². The number of carbonyl (C=O) groups is 5. The minimum absolute atomic E-state index is 0. The number of nitriles is 1. The van der Waals surface area contributed by atoms with Gasteiger partial charge in [-0.2, -0.15) is 63.0 Å². The number of halogens is 20. The van der Waals surface area contributed by atoms with Crippen molar-refractivity contribution < 1.29 is 109 Å². The number of aryl methyl sites for hydroxylation is 1. The second-order valence-corrected chi connectivity index (χ2v) is 26.0. The number of hydrogen-bond donors (Lipinski definition) is 7. The number of carbonyl (C=O) groups excluding carboxylic acids is 5. The Morgan fingerprint density at radius 2 is 0.992 bits per heavy atom. The molecule has 5 amide bonds. The number of rotatable bonds is 10. The van der Waals surface area contributed by atoms with Gasteiger partial charge in [0.25, 0.3) is 0 Å². The van der Waals surface area contributed by atoms with E-state index in [-0.39, 0.29) is 108 Å². The Morgan fingerprint density at radius 3 is 1.43 bits per heavy atom. The number of aromatic nitrogens is 2. The van der Waals surface area contributed by atoms with Crippen LogP contribution in [0, 0.1) is 53.4 Å². The van der Waals surface area contributed by atoms with Gasteiger partial charge in [-0.25, -0.2) is 41.3 Å². The van der Waals surface area contributed by atoms with Crippen LogP contribution in [0.2, 0.25) is 20.1 Å². The summed E-state index contributed by atoms with van der Waals surface area (Å²) in [5, 5.41) is 28.4. The molecule has 0 saturated heterocycles. The van der Waals surface area contributed by atoms with Crippen molar-refractivity contribution in [3.8, 4) is 6.07 Å². The molecular weight excluding hydrogens is 1860 g/mol. The molecule has 0 fully saturated rings. The quantitative estimate of drug-likeness (QED) is 0.0129. The smallest absolute Gasteiger partial charge is 1.00 e. The number of benzene rings is 10. The van der Waals surface area contributed by atoms with Gasteiger partial charge in [0.15, 0.2) is 17.3 Å². The van der Waals surface area contributed by atoms with Gasteiger partial charge < -0.3 is 60.1 Å². The minimum Gasteiger partial charge on any atom is -1.00 e. The van der Waals surface area contributed by atoms with Gasteiger partial charge in [0.1, 0.15) is 48.8 Å². The number of nitrogens with zero attached hydrogens (tertiary/aromatic N) is 5. The Labute approximate surface area is 733 Å². The molecule has 11 aromatic rings. The van der Waals surface area contributed by atoms with E-state index in [4.69, 9.17) is 64.5 Å². The molecule has 13 rings (SSSR count). The molecule has 0 bridgehead atoms. The molecule has 0 spiro atoms. The van der Waals surface area contributed by atoms with Crippen molar-refractivity contribution in [3.05, 3.63) is 342 Å². The van der Waals surface area contributed by atoms with E-state index in [1.165, 1.54) is 151 Å². The van der Waals surface area contributed by atoms with E-state index in [9.17, 15) is 90.5 Å². The van der Waals surface area contributed by atoms with Crippen LogP contribution in [0.1, 0.15) is 79.9 Å². The summed E-state index contributed by atoms with van der Waals surface area (Å²) >= 11 is 25.7. The van der Waals surface area contributed by atoms with Crippen LogP contribution in [0.3, 0.4) is 0 Å². The molecule has 2 aliphatic rings. The van der Waals surface area contributed by atoms with Crippen LogP contribution >= 0.6 is 69.0 Å². The average molecular weight is 1930 g/mol. The number of hydrogen-bond acceptors (Lipinski definition) is 11. The third-order valence-electron chi connectivity index (χ3n) is 16.3. The number of urea groups is 2. The molecule has 0 aliphatic carbocycles. The van der Waals surface area contributed by atoms with Gasteiger partial charge in [0, 0.05) is 95.7 Å². The number of fused-ring (bicyclic) bond motifs is 2. The fraction of sp³-hybridized carbons (Fsp3) is 0.148. The summed E-state index contributed by atoms with van der Waals surface area (Å²) in [5.41, 5.74) is 16.6. The van der Waals surface area contributed by atoms with Crippen molar-refractivity contribution in [3.63, 3.8) is 0 Å². The Kier molecular flexibility index (Phi) is 38.4. The van der Waals surface area contributed by atoms with E-state index < -0.39 is 85.0 Å². The predicted molar refractivity (Wildman–Crippen MR) is 433 cm³/mol. The van der Waals surface area contributed by atoms with Gasteiger partial charge in [-0.15, -0.1) is 12.1 Å². The van der Waals surface area contributed by atoms with Gasteiger partial charge in [-0.1, -0.05) is 106 Å². The van der Waals surface area contributed by atoms with Crippen LogP contribution in [0.5, 0.6) is 0 Å². The second kappa shape index (κ2) is 45.9. The normalized spacial score (nSPS) is 14.2. The van der Waals surface area contributed by atoms with Crippen LogP contribution in [0.15, 0.2) is 231 Å². The molecule has 0 saturated carbocycles. The van der Waals surface area contributed by atoms with E-state index in [1.807, 2.05) is 41.7 Å². The maximum atomic E-state index is 13.4. The van der Waals surface area contributed by atoms with Gasteiger partial charge in [0.05, 0.1) is 29.0 Å². The molecule has 622 valence electrons. The van der Waals surface area contributed by atoms with Crippen molar-refractivity contribution in [2.45, 2.75) is 50.1 Å². The summed E-state index contributed by atoms with van der Waals surface area (Å²) in [7, 11) is 0. The maximum Gasteiger partial charge on any atom is 2.00 e. The van der Waals surface area contributed by atoms with E-state index in [2.05, 4.69) is 32.7 Å². The fourth-order valence-electron chi connectivity index (χ4n) is 11.0. The zero-order chi connectivity index (χ0) is 87.6. The first kappa shape index (κ1) is 99.5. The Hall–Kier alpha value is -10.1. The average Bonchev–Trinajstić information content (AvgIpc) is 0.744. The molecule has 1 aromatic heterocycles. The molecule has 38 heteroatoms. The van der Waals surface area contributed by atoms with E-state index in [0.29, 0.717) is 70.5 Å². The summed E-state index contributed by atoms with van der Waals surface area (Å²) in [5.74, 6) is -2.84. The number of nitrogen functional groups attached to an aromatic ring is 2. The monoisotopic (exact) mass is 1920 g/mol. The van der Waals surface area contributed by atoms with Crippen molar-refractivity contribution in [1.29, 1.82) is 5.26 Å². The van der Waals surface area contributed by atoms with Crippen molar-refractivity contribution in [1.82, 2.24) is 19.4 Å². The molecule has 10 N–H and O–H groups in total. The molecule has 2 atom stereocenters. The standard InChI is InChI=1S/C18H15ClF4N2O.C17H11ClFN3O2.C16H11ClF4N2O2.C13H9ClFNO.C8H8N2.C6H4F.C2H4F3N.CH3I.BrH.Mg/c1-2-17(11-3-6-13(20)7-4-11)14-9-12(19)5-8-15(14)24-16(26)25(17)10-18(21,22)23;18-12-3-6-15(21-17(24)22-8-7-20-10-22)14(9-12)16(23)11-1-4-13(19)5-2-11;17-10-3-6-13-12(7-10)16(25,9-1-4-11(18)5-2-9)23(14(24)22-13)8-15(19,20)21;14-9-3-6-12(16)11(7-9)13(17)8-1-4-10(15)5-2-8;1-6-2-3-8(10)7(4-6)5-9;7-6-4-2-1-3-5-6;3-2(4,5)1-6;1-2;;/h3-9H,2,10H2,1H3,(H,24,26);1-10H,(H,21,24);1-7,25H,8H2,(H,22,24);1-7H,16H2;2-4H,10H2,1H3;2-5H;1,6H2;1H3;1H;/q;;;;;-1;;;;+2/p-1/i;;;;;;;1D;;. The van der Waals surface area contributed by atoms with Gasteiger partial charge in [-0.05, 0) is 187 Å². The summed E-state index contributed by atoms with van der Waals surface area (Å²) in [6.07, 6.45) is -9.11. The van der Waals surface area contributed by atoms with Crippen molar-refractivity contribution in [2.24, 2.45) is 5.73 Å². The van der Waals surface area contributed by atoms with E-state index in [1.54, 1.807) is 49.4 Å². The Morgan fingerprint density at radius 1 is 0.588 bits per heavy atom.